The topological polar surface area (TPSA) is 24.9 Å². The van der Waals surface area contributed by atoms with Gasteiger partial charge in [0, 0.05) is 26.2 Å². The van der Waals surface area contributed by atoms with Gasteiger partial charge in [0.25, 0.3) is 0 Å². The Bertz CT molecular complexity index is 166. The lowest BCUT2D eigenvalue weighted by molar-refractivity contribution is -0.0596. The summed E-state index contributed by atoms with van der Waals surface area (Å²) in [5.41, 5.74) is 0. The maximum Gasteiger partial charge on any atom is 0.0645 e. The lowest BCUT2D eigenvalue weighted by Crippen LogP contribution is -2.50. The maximum absolute atomic E-state index is 5.31. The Morgan fingerprint density at radius 3 is 2.25 bits per heavy atom. The normalized spacial score (nSPS) is 22.5. The molecule has 0 N–H and O–H groups in total. The van der Waals surface area contributed by atoms with Crippen molar-refractivity contribution in [2.45, 2.75) is 19.9 Å². The first kappa shape index (κ1) is 13.9. The summed E-state index contributed by atoms with van der Waals surface area (Å²) in [7, 11) is 2.19. The third-order valence-electron chi connectivity index (χ3n) is 3.12. The van der Waals surface area contributed by atoms with Gasteiger partial charge in [0.05, 0.1) is 32.5 Å². The van der Waals surface area contributed by atoms with Crippen molar-refractivity contribution in [3.05, 3.63) is 0 Å². The van der Waals surface area contributed by atoms with Crippen LogP contribution in [0.15, 0.2) is 0 Å². The zero-order valence-corrected chi connectivity index (χ0v) is 10.9. The van der Waals surface area contributed by atoms with Crippen molar-refractivity contribution < 1.29 is 9.47 Å². The minimum Gasteiger partial charge on any atom is -0.379 e. The molecular formula is C12H26N2O2. The van der Waals surface area contributed by atoms with Crippen LogP contribution in [0, 0.1) is 0 Å². The molecule has 0 radical (unpaired) electrons. The van der Waals surface area contributed by atoms with Crippen LogP contribution in [-0.2, 0) is 9.47 Å². The van der Waals surface area contributed by atoms with Crippen LogP contribution < -0.4 is 0 Å². The number of hydrogen-bond donors (Lipinski definition) is 0. The molecule has 0 unspecified atom stereocenters. The first-order valence-corrected chi connectivity index (χ1v) is 6.44. The first-order valence-electron chi connectivity index (χ1n) is 6.44. The highest BCUT2D eigenvalue weighted by molar-refractivity contribution is 4.75. The van der Waals surface area contributed by atoms with E-state index in [1.165, 1.54) is 0 Å². The van der Waals surface area contributed by atoms with Gasteiger partial charge in [-0.05, 0) is 7.05 Å². The van der Waals surface area contributed by atoms with Crippen LogP contribution in [0.25, 0.3) is 0 Å². The summed E-state index contributed by atoms with van der Waals surface area (Å²) in [5, 5.41) is 0. The van der Waals surface area contributed by atoms with Gasteiger partial charge in [-0.3, -0.25) is 9.80 Å². The fourth-order valence-electron chi connectivity index (χ4n) is 1.78. The van der Waals surface area contributed by atoms with Gasteiger partial charge in [-0.15, -0.1) is 0 Å². The Balaban J connectivity index is 0.000000606. The van der Waals surface area contributed by atoms with Gasteiger partial charge in [-0.1, -0.05) is 13.8 Å². The number of nitrogens with zero attached hydrogens (tertiary/aromatic N) is 2. The molecule has 0 aromatic rings. The summed E-state index contributed by atoms with van der Waals surface area (Å²) in [6.07, 6.45) is 0. The number of likely N-dealkylation sites (N-methyl/N-ethyl adjacent to an activating group) is 1. The standard InChI is InChI=1S/C10H20N2O2.C2H6/c1-11(10-8-14-9-10)2-3-12-4-6-13-7-5-12;1-2/h10H,2-9H2,1H3;1-2H3. The zero-order chi connectivity index (χ0) is 11.8. The van der Waals surface area contributed by atoms with Crippen molar-refractivity contribution >= 4 is 0 Å². The molecule has 0 spiro atoms. The van der Waals surface area contributed by atoms with Crippen LogP contribution in [0.5, 0.6) is 0 Å². The number of ether oxygens (including phenoxy) is 2. The van der Waals surface area contributed by atoms with E-state index in [1.54, 1.807) is 0 Å². The lowest BCUT2D eigenvalue weighted by atomic mass is 10.2. The highest BCUT2D eigenvalue weighted by Crippen LogP contribution is 2.08. The van der Waals surface area contributed by atoms with E-state index in [0.717, 1.165) is 52.6 Å². The molecule has 2 aliphatic rings. The summed E-state index contributed by atoms with van der Waals surface area (Å²) in [5.74, 6) is 0. The summed E-state index contributed by atoms with van der Waals surface area (Å²) in [4.78, 5) is 4.87. The van der Waals surface area contributed by atoms with Crippen molar-refractivity contribution in [2.75, 3.05) is 59.7 Å². The predicted octanol–water partition coefficient (Wildman–Crippen LogP) is 0.675. The monoisotopic (exact) mass is 230 g/mol. The minimum atomic E-state index is 0.663. The van der Waals surface area contributed by atoms with E-state index in [4.69, 9.17) is 9.47 Å². The molecule has 4 heteroatoms. The van der Waals surface area contributed by atoms with E-state index in [2.05, 4.69) is 16.8 Å². The molecule has 2 heterocycles. The van der Waals surface area contributed by atoms with Gasteiger partial charge in [0.2, 0.25) is 0 Å². The molecule has 2 fully saturated rings. The second-order valence-electron chi connectivity index (χ2n) is 4.13. The second kappa shape index (κ2) is 8.01. The molecule has 2 aliphatic heterocycles. The molecule has 0 amide bonds. The summed E-state index contributed by atoms with van der Waals surface area (Å²) < 4.78 is 10.5. The summed E-state index contributed by atoms with van der Waals surface area (Å²) in [6.45, 7) is 12.1. The van der Waals surface area contributed by atoms with Crippen molar-refractivity contribution in [1.29, 1.82) is 0 Å². The Morgan fingerprint density at radius 2 is 1.75 bits per heavy atom. The van der Waals surface area contributed by atoms with Crippen LogP contribution in [0.1, 0.15) is 13.8 Å². The van der Waals surface area contributed by atoms with Crippen molar-refractivity contribution in [3.8, 4) is 0 Å². The van der Waals surface area contributed by atoms with E-state index in [1.807, 2.05) is 13.8 Å². The zero-order valence-electron chi connectivity index (χ0n) is 10.9. The molecule has 4 nitrogen and oxygen atoms in total. The van der Waals surface area contributed by atoms with E-state index in [0.29, 0.717) is 6.04 Å². The molecule has 0 aliphatic carbocycles. The number of morpholine rings is 1. The fourth-order valence-corrected chi connectivity index (χ4v) is 1.78. The molecule has 96 valence electrons. The lowest BCUT2D eigenvalue weighted by Gasteiger charge is -2.36. The fraction of sp³-hybridized carbons (Fsp3) is 1.00. The first-order chi connectivity index (χ1) is 7.86. The van der Waals surface area contributed by atoms with Crippen LogP contribution in [0.2, 0.25) is 0 Å². The molecule has 2 saturated heterocycles. The Kier molecular flexibility index (Phi) is 6.96. The van der Waals surface area contributed by atoms with Gasteiger partial charge in [-0.25, -0.2) is 0 Å². The molecule has 0 aromatic heterocycles. The van der Waals surface area contributed by atoms with E-state index in [9.17, 15) is 0 Å². The van der Waals surface area contributed by atoms with Gasteiger partial charge in [0.15, 0.2) is 0 Å². The van der Waals surface area contributed by atoms with E-state index >= 15 is 0 Å². The third kappa shape index (κ3) is 4.37. The highest BCUT2D eigenvalue weighted by Gasteiger charge is 2.23. The van der Waals surface area contributed by atoms with Crippen LogP contribution in [-0.4, -0.2) is 75.5 Å². The summed E-state index contributed by atoms with van der Waals surface area (Å²) >= 11 is 0. The Hall–Kier alpha value is -0.160. The largest absolute Gasteiger partial charge is 0.379 e. The molecule has 0 aromatic carbocycles. The minimum absolute atomic E-state index is 0.663. The smallest absolute Gasteiger partial charge is 0.0645 e. The molecule has 2 rings (SSSR count). The molecule has 16 heavy (non-hydrogen) atoms. The maximum atomic E-state index is 5.31. The van der Waals surface area contributed by atoms with E-state index < -0.39 is 0 Å². The van der Waals surface area contributed by atoms with Crippen molar-refractivity contribution in [1.82, 2.24) is 9.80 Å². The van der Waals surface area contributed by atoms with Crippen molar-refractivity contribution in [2.24, 2.45) is 0 Å². The average molecular weight is 230 g/mol. The third-order valence-corrected chi connectivity index (χ3v) is 3.12. The van der Waals surface area contributed by atoms with Gasteiger partial charge >= 0.3 is 0 Å². The average Bonchev–Trinajstić information content (AvgIpc) is 2.28. The second-order valence-corrected chi connectivity index (χ2v) is 4.13. The molecule has 0 bridgehead atoms. The molecule has 0 saturated carbocycles. The van der Waals surface area contributed by atoms with Crippen LogP contribution in [0.3, 0.4) is 0 Å². The Labute approximate surface area is 99.5 Å². The molecule has 0 atom stereocenters. The molecular weight excluding hydrogens is 204 g/mol. The van der Waals surface area contributed by atoms with Crippen molar-refractivity contribution in [3.63, 3.8) is 0 Å². The Morgan fingerprint density at radius 1 is 1.12 bits per heavy atom. The quantitative estimate of drug-likeness (QED) is 0.709. The number of hydrogen-bond acceptors (Lipinski definition) is 4. The van der Waals surface area contributed by atoms with Gasteiger partial charge in [0.1, 0.15) is 0 Å². The predicted molar refractivity (Wildman–Crippen MR) is 65.8 cm³/mol. The van der Waals surface area contributed by atoms with Gasteiger partial charge in [-0.2, -0.15) is 0 Å². The van der Waals surface area contributed by atoms with Crippen LogP contribution in [0.4, 0.5) is 0 Å². The van der Waals surface area contributed by atoms with E-state index in [-0.39, 0.29) is 0 Å². The van der Waals surface area contributed by atoms with Gasteiger partial charge < -0.3 is 9.47 Å². The number of rotatable bonds is 4. The SMILES string of the molecule is CC.CN(CCN1CCOCC1)C1COC1. The highest BCUT2D eigenvalue weighted by atomic mass is 16.5. The summed E-state index contributed by atoms with van der Waals surface area (Å²) in [6, 6.07) is 0.663. The van der Waals surface area contributed by atoms with Crippen LogP contribution >= 0.6 is 0 Å².